The van der Waals surface area contributed by atoms with Gasteiger partial charge in [-0.2, -0.15) is 0 Å². The van der Waals surface area contributed by atoms with Crippen molar-refractivity contribution in [2.45, 2.75) is 60.4 Å². The van der Waals surface area contributed by atoms with Crippen LogP contribution in [0, 0.1) is 17.3 Å². The summed E-state index contributed by atoms with van der Waals surface area (Å²) in [5, 5.41) is 3.68. The molecular weight excluding hydrogens is 220 g/mol. The molecule has 0 bridgehead atoms. The highest BCUT2D eigenvalue weighted by molar-refractivity contribution is 4.87. The molecule has 2 heteroatoms. The van der Waals surface area contributed by atoms with E-state index in [1.165, 1.54) is 26.1 Å². The molecule has 0 spiro atoms. The van der Waals surface area contributed by atoms with Crippen LogP contribution in [0.15, 0.2) is 0 Å². The van der Waals surface area contributed by atoms with Gasteiger partial charge in [0.15, 0.2) is 0 Å². The second-order valence-corrected chi connectivity index (χ2v) is 7.92. The number of hydrogen-bond donors (Lipinski definition) is 1. The van der Waals surface area contributed by atoms with E-state index in [1.54, 1.807) is 0 Å². The largest absolute Gasteiger partial charge is 0.311 e. The summed E-state index contributed by atoms with van der Waals surface area (Å²) in [7, 11) is 0. The predicted octanol–water partition coefficient (Wildman–Crippen LogP) is 3.38. The highest BCUT2D eigenvalue weighted by Crippen LogP contribution is 2.28. The van der Waals surface area contributed by atoms with Crippen LogP contribution in [-0.4, -0.2) is 36.6 Å². The number of nitrogens with zero attached hydrogens (tertiary/aromatic N) is 1. The van der Waals surface area contributed by atoms with E-state index in [9.17, 15) is 0 Å². The van der Waals surface area contributed by atoms with E-state index in [2.05, 4.69) is 58.7 Å². The molecule has 3 atom stereocenters. The molecule has 0 saturated carbocycles. The first-order valence-corrected chi connectivity index (χ1v) is 7.62. The Bertz CT molecular complexity index is 246. The molecule has 1 heterocycles. The molecule has 1 fully saturated rings. The summed E-state index contributed by atoms with van der Waals surface area (Å²) < 4.78 is 0. The molecule has 0 aromatic rings. The molecule has 3 unspecified atom stereocenters. The summed E-state index contributed by atoms with van der Waals surface area (Å²) in [5.41, 5.74) is 0.624. The van der Waals surface area contributed by atoms with Gasteiger partial charge in [-0.15, -0.1) is 0 Å². The van der Waals surface area contributed by atoms with Crippen molar-refractivity contribution in [2.75, 3.05) is 26.2 Å². The van der Waals surface area contributed by atoms with Crippen molar-refractivity contribution in [1.29, 1.82) is 0 Å². The van der Waals surface area contributed by atoms with E-state index in [-0.39, 0.29) is 5.54 Å². The molecule has 0 amide bonds. The summed E-state index contributed by atoms with van der Waals surface area (Å²) in [6.07, 6.45) is 1.25. The van der Waals surface area contributed by atoms with Crippen LogP contribution in [0.5, 0.6) is 0 Å². The van der Waals surface area contributed by atoms with E-state index in [1.807, 2.05) is 0 Å². The lowest BCUT2D eigenvalue weighted by atomic mass is 9.86. The lowest BCUT2D eigenvalue weighted by Gasteiger charge is -2.36. The number of likely N-dealkylation sites (tertiary alicyclic amines) is 1. The molecule has 0 radical (unpaired) electrons. The normalized spacial score (nSPS) is 29.5. The average molecular weight is 254 g/mol. The molecule has 1 aliphatic heterocycles. The van der Waals surface area contributed by atoms with Crippen LogP contribution in [0.2, 0.25) is 0 Å². The maximum Gasteiger partial charge on any atom is 0.00967 e. The lowest BCUT2D eigenvalue weighted by molar-refractivity contribution is 0.163. The Kier molecular flexibility index (Phi) is 5.25. The van der Waals surface area contributed by atoms with Gasteiger partial charge in [0.2, 0.25) is 0 Å². The Morgan fingerprint density at radius 3 is 1.94 bits per heavy atom. The fourth-order valence-corrected chi connectivity index (χ4v) is 2.69. The third-order valence-electron chi connectivity index (χ3n) is 4.57. The van der Waals surface area contributed by atoms with Gasteiger partial charge < -0.3 is 10.2 Å². The van der Waals surface area contributed by atoms with Gasteiger partial charge in [-0.1, -0.05) is 27.7 Å². The summed E-state index contributed by atoms with van der Waals surface area (Å²) >= 11 is 0. The monoisotopic (exact) mass is 254 g/mol. The third kappa shape index (κ3) is 4.89. The molecule has 2 nitrogen and oxygen atoms in total. The van der Waals surface area contributed by atoms with Gasteiger partial charge in [0.1, 0.15) is 0 Å². The molecule has 1 saturated heterocycles. The zero-order valence-electron chi connectivity index (χ0n) is 13.6. The summed E-state index contributed by atoms with van der Waals surface area (Å²) in [5.74, 6) is 1.73. The van der Waals surface area contributed by atoms with Crippen molar-refractivity contribution < 1.29 is 0 Å². The van der Waals surface area contributed by atoms with E-state index in [4.69, 9.17) is 0 Å². The van der Waals surface area contributed by atoms with Gasteiger partial charge in [-0.05, 0) is 44.4 Å². The number of rotatable bonds is 5. The topological polar surface area (TPSA) is 15.3 Å². The van der Waals surface area contributed by atoms with E-state index in [0.717, 1.165) is 18.4 Å². The van der Waals surface area contributed by atoms with Crippen LogP contribution < -0.4 is 5.32 Å². The van der Waals surface area contributed by atoms with Crippen molar-refractivity contribution in [3.63, 3.8) is 0 Å². The van der Waals surface area contributed by atoms with Gasteiger partial charge in [0.25, 0.3) is 0 Å². The Hall–Kier alpha value is -0.0800. The lowest BCUT2D eigenvalue weighted by Crippen LogP contribution is -2.47. The molecule has 1 N–H and O–H groups in total. The first kappa shape index (κ1) is 16.0. The smallest absolute Gasteiger partial charge is 0.00967 e. The maximum atomic E-state index is 3.68. The molecular formula is C16H34N2. The van der Waals surface area contributed by atoms with Gasteiger partial charge in [-0.25, -0.2) is 0 Å². The van der Waals surface area contributed by atoms with E-state index < -0.39 is 0 Å². The third-order valence-corrected chi connectivity index (χ3v) is 4.57. The van der Waals surface area contributed by atoms with E-state index >= 15 is 0 Å². The summed E-state index contributed by atoms with van der Waals surface area (Å²) in [4.78, 5) is 2.67. The highest BCUT2D eigenvalue weighted by atomic mass is 15.2. The van der Waals surface area contributed by atoms with Crippen molar-refractivity contribution in [3.8, 4) is 0 Å². The zero-order chi connectivity index (χ0) is 14.0. The minimum Gasteiger partial charge on any atom is -0.311 e. The Morgan fingerprint density at radius 2 is 1.56 bits per heavy atom. The summed E-state index contributed by atoms with van der Waals surface area (Å²) in [6.45, 7) is 21.2. The average Bonchev–Trinajstić information content (AvgIpc) is 2.54. The van der Waals surface area contributed by atoms with Crippen LogP contribution in [-0.2, 0) is 0 Å². The fraction of sp³-hybridized carbons (Fsp3) is 1.00. The second-order valence-electron chi connectivity index (χ2n) is 7.92. The van der Waals surface area contributed by atoms with Crippen LogP contribution in [0.3, 0.4) is 0 Å². The molecule has 18 heavy (non-hydrogen) atoms. The number of hydrogen-bond acceptors (Lipinski definition) is 2. The number of nitrogens with one attached hydrogen (secondary N) is 1. The standard InChI is InChI=1S/C16H34N2/c1-8-16(7,11-17-15(4,5)6)12-18-9-13(2)14(3)10-18/h13-14,17H,8-12H2,1-7H3. The first-order chi connectivity index (χ1) is 8.15. The fourth-order valence-electron chi connectivity index (χ4n) is 2.69. The van der Waals surface area contributed by atoms with Gasteiger partial charge in [-0.3, -0.25) is 0 Å². The van der Waals surface area contributed by atoms with Crippen molar-refractivity contribution >= 4 is 0 Å². The summed E-state index contributed by atoms with van der Waals surface area (Å²) in [6, 6.07) is 0. The van der Waals surface area contributed by atoms with Gasteiger partial charge in [0, 0.05) is 31.7 Å². The Labute approximate surface area is 115 Å². The van der Waals surface area contributed by atoms with Crippen LogP contribution >= 0.6 is 0 Å². The van der Waals surface area contributed by atoms with Gasteiger partial charge >= 0.3 is 0 Å². The molecule has 1 rings (SSSR count). The zero-order valence-corrected chi connectivity index (χ0v) is 13.6. The molecule has 108 valence electrons. The van der Waals surface area contributed by atoms with Gasteiger partial charge in [0.05, 0.1) is 0 Å². The van der Waals surface area contributed by atoms with E-state index in [0.29, 0.717) is 5.41 Å². The minimum absolute atomic E-state index is 0.224. The van der Waals surface area contributed by atoms with Crippen LogP contribution in [0.25, 0.3) is 0 Å². The molecule has 0 aromatic heterocycles. The van der Waals surface area contributed by atoms with Crippen LogP contribution in [0.1, 0.15) is 54.9 Å². The van der Waals surface area contributed by atoms with Crippen molar-refractivity contribution in [1.82, 2.24) is 10.2 Å². The predicted molar refractivity (Wildman–Crippen MR) is 80.9 cm³/mol. The molecule has 0 aromatic carbocycles. The van der Waals surface area contributed by atoms with Crippen molar-refractivity contribution in [3.05, 3.63) is 0 Å². The van der Waals surface area contributed by atoms with Crippen LogP contribution in [0.4, 0.5) is 0 Å². The maximum absolute atomic E-state index is 3.68. The Balaban J connectivity index is 2.50. The first-order valence-electron chi connectivity index (χ1n) is 7.62. The SMILES string of the molecule is CCC(C)(CNC(C)(C)C)CN1CC(C)C(C)C1. The minimum atomic E-state index is 0.224. The van der Waals surface area contributed by atoms with Crippen molar-refractivity contribution in [2.24, 2.45) is 17.3 Å². The molecule has 0 aliphatic carbocycles. The second kappa shape index (κ2) is 5.92. The molecule has 1 aliphatic rings. The quantitative estimate of drug-likeness (QED) is 0.809. The highest BCUT2D eigenvalue weighted by Gasteiger charge is 2.32. The Morgan fingerprint density at radius 1 is 1.06 bits per heavy atom.